The fraction of sp³-hybridized carbons (Fsp3) is 0.250. The summed E-state index contributed by atoms with van der Waals surface area (Å²) in [5.74, 6) is -1.42. The number of rotatable bonds is 9. The number of carbonyl (C=O) groups is 3. The van der Waals surface area contributed by atoms with Gasteiger partial charge in [-0.25, -0.2) is 4.39 Å². The molecule has 2 amide bonds. The zero-order valence-corrected chi connectivity index (χ0v) is 16.4. The molecule has 0 aliphatic rings. The Bertz CT molecular complexity index is 874. The van der Waals surface area contributed by atoms with Crippen LogP contribution in [0.3, 0.4) is 0 Å². The average molecular weight is 423 g/mol. The first-order chi connectivity index (χ1) is 13.9. The number of nitrogens with one attached hydrogen (secondary N) is 2. The quantitative estimate of drug-likeness (QED) is 0.600. The Labute approximate surface area is 172 Å². The molecule has 0 saturated carbocycles. The summed E-state index contributed by atoms with van der Waals surface area (Å²) in [6, 6.07) is 10.0. The summed E-state index contributed by atoms with van der Waals surface area (Å²) in [6.45, 7) is -0.470. The molecule has 0 aromatic heterocycles. The standard InChI is InChI=1S/C20H20ClFN2O5/c1-28-17-10-5-13(21)11-16(17)24-18(25)3-2-4-20(27)29-12-19(26)23-15-8-6-14(22)7-9-15/h5-11H,2-4,12H2,1H3,(H,23,26)(H,24,25). The van der Waals surface area contributed by atoms with Crippen molar-refractivity contribution in [2.45, 2.75) is 19.3 Å². The van der Waals surface area contributed by atoms with Crippen LogP contribution in [0.15, 0.2) is 42.5 Å². The number of hydrogen-bond acceptors (Lipinski definition) is 5. The lowest BCUT2D eigenvalue weighted by molar-refractivity contribution is -0.147. The molecule has 9 heteroatoms. The third-order valence-corrected chi connectivity index (χ3v) is 3.95. The predicted molar refractivity (Wildman–Crippen MR) is 106 cm³/mol. The second-order valence-electron chi connectivity index (χ2n) is 5.96. The molecular formula is C20H20ClFN2O5. The van der Waals surface area contributed by atoms with E-state index in [2.05, 4.69) is 10.6 Å². The van der Waals surface area contributed by atoms with Crippen molar-refractivity contribution in [2.24, 2.45) is 0 Å². The lowest BCUT2D eigenvalue weighted by Gasteiger charge is -2.10. The van der Waals surface area contributed by atoms with Gasteiger partial charge in [0.15, 0.2) is 6.61 Å². The Hall–Kier alpha value is -3.13. The van der Waals surface area contributed by atoms with Gasteiger partial charge in [0.05, 0.1) is 12.8 Å². The summed E-state index contributed by atoms with van der Waals surface area (Å²) >= 11 is 5.90. The van der Waals surface area contributed by atoms with Crippen LogP contribution in [0.4, 0.5) is 15.8 Å². The van der Waals surface area contributed by atoms with E-state index in [9.17, 15) is 18.8 Å². The minimum Gasteiger partial charge on any atom is -0.495 e. The van der Waals surface area contributed by atoms with Gasteiger partial charge in [-0.2, -0.15) is 0 Å². The lowest BCUT2D eigenvalue weighted by Crippen LogP contribution is -2.21. The van der Waals surface area contributed by atoms with Gasteiger partial charge in [-0.15, -0.1) is 0 Å². The maximum absolute atomic E-state index is 12.8. The zero-order valence-electron chi connectivity index (χ0n) is 15.7. The van der Waals surface area contributed by atoms with Crippen LogP contribution in [-0.4, -0.2) is 31.5 Å². The maximum Gasteiger partial charge on any atom is 0.306 e. The molecule has 0 aliphatic carbocycles. The van der Waals surface area contributed by atoms with Gasteiger partial charge in [0.1, 0.15) is 11.6 Å². The molecule has 0 heterocycles. The van der Waals surface area contributed by atoms with Gasteiger partial charge in [-0.3, -0.25) is 14.4 Å². The molecule has 0 radical (unpaired) electrons. The van der Waals surface area contributed by atoms with E-state index in [-0.39, 0.29) is 25.2 Å². The highest BCUT2D eigenvalue weighted by molar-refractivity contribution is 6.31. The fourth-order valence-electron chi connectivity index (χ4n) is 2.33. The van der Waals surface area contributed by atoms with E-state index in [0.717, 1.165) is 0 Å². The van der Waals surface area contributed by atoms with E-state index in [1.165, 1.54) is 31.4 Å². The van der Waals surface area contributed by atoms with Crippen LogP contribution in [0.5, 0.6) is 5.75 Å². The third kappa shape index (κ3) is 7.79. The summed E-state index contributed by atoms with van der Waals surface area (Å²) in [6.07, 6.45) is 0.295. The first-order valence-corrected chi connectivity index (χ1v) is 9.09. The Morgan fingerprint density at radius 3 is 2.41 bits per heavy atom. The van der Waals surface area contributed by atoms with Crippen LogP contribution in [0.2, 0.25) is 5.02 Å². The number of methoxy groups -OCH3 is 1. The number of ether oxygens (including phenoxy) is 2. The smallest absolute Gasteiger partial charge is 0.306 e. The molecule has 2 rings (SSSR count). The van der Waals surface area contributed by atoms with Crippen molar-refractivity contribution < 1.29 is 28.2 Å². The second kappa shape index (κ2) is 11.0. The molecule has 0 fully saturated rings. The minimum absolute atomic E-state index is 0.0239. The van der Waals surface area contributed by atoms with E-state index in [4.69, 9.17) is 21.1 Å². The second-order valence-corrected chi connectivity index (χ2v) is 6.40. The average Bonchev–Trinajstić information content (AvgIpc) is 2.68. The van der Waals surface area contributed by atoms with E-state index in [1.54, 1.807) is 18.2 Å². The Kier molecular flexibility index (Phi) is 8.42. The van der Waals surface area contributed by atoms with Gasteiger partial charge in [0, 0.05) is 23.6 Å². The van der Waals surface area contributed by atoms with Crippen molar-refractivity contribution >= 4 is 40.8 Å². The monoisotopic (exact) mass is 422 g/mol. The van der Waals surface area contributed by atoms with Crippen molar-refractivity contribution in [1.29, 1.82) is 0 Å². The minimum atomic E-state index is -0.604. The predicted octanol–water partition coefficient (Wildman–Crippen LogP) is 3.78. The molecule has 2 aromatic carbocycles. The van der Waals surface area contributed by atoms with Crippen LogP contribution >= 0.6 is 11.6 Å². The molecule has 0 saturated heterocycles. The number of esters is 1. The van der Waals surface area contributed by atoms with Crippen LogP contribution in [0, 0.1) is 5.82 Å². The molecule has 0 aliphatic heterocycles. The molecule has 0 unspecified atom stereocenters. The fourth-order valence-corrected chi connectivity index (χ4v) is 2.50. The van der Waals surface area contributed by atoms with Gasteiger partial charge in [0.2, 0.25) is 5.91 Å². The molecule has 0 atom stereocenters. The largest absolute Gasteiger partial charge is 0.495 e. The molecular weight excluding hydrogens is 403 g/mol. The van der Waals surface area contributed by atoms with Gasteiger partial charge in [-0.1, -0.05) is 11.6 Å². The number of halogens is 2. The van der Waals surface area contributed by atoms with Crippen molar-refractivity contribution in [3.05, 3.63) is 53.3 Å². The maximum atomic E-state index is 12.8. The van der Waals surface area contributed by atoms with E-state index in [0.29, 0.717) is 22.1 Å². The molecule has 2 N–H and O–H groups in total. The van der Waals surface area contributed by atoms with Crippen molar-refractivity contribution in [3.8, 4) is 5.75 Å². The molecule has 29 heavy (non-hydrogen) atoms. The first kappa shape index (κ1) is 22.2. The highest BCUT2D eigenvalue weighted by atomic mass is 35.5. The number of benzene rings is 2. The molecule has 2 aromatic rings. The SMILES string of the molecule is COc1ccc(Cl)cc1NC(=O)CCCC(=O)OCC(=O)Nc1ccc(F)cc1. The Morgan fingerprint density at radius 1 is 1.00 bits per heavy atom. The van der Waals surface area contributed by atoms with Gasteiger partial charge < -0.3 is 20.1 Å². The summed E-state index contributed by atoms with van der Waals surface area (Å²) in [5.41, 5.74) is 0.825. The van der Waals surface area contributed by atoms with Crippen LogP contribution in [-0.2, 0) is 19.1 Å². The van der Waals surface area contributed by atoms with Crippen LogP contribution < -0.4 is 15.4 Å². The normalized spacial score (nSPS) is 10.2. The summed E-state index contributed by atoms with van der Waals surface area (Å²) < 4.78 is 22.8. The topological polar surface area (TPSA) is 93.7 Å². The highest BCUT2D eigenvalue weighted by Gasteiger charge is 2.11. The third-order valence-electron chi connectivity index (χ3n) is 3.71. The van der Waals surface area contributed by atoms with Crippen molar-refractivity contribution in [2.75, 3.05) is 24.4 Å². The number of hydrogen-bond donors (Lipinski definition) is 2. The van der Waals surface area contributed by atoms with E-state index in [1.807, 2.05) is 0 Å². The van der Waals surface area contributed by atoms with Crippen LogP contribution in [0.25, 0.3) is 0 Å². The van der Waals surface area contributed by atoms with Gasteiger partial charge in [0.25, 0.3) is 5.91 Å². The Balaban J connectivity index is 1.67. The van der Waals surface area contributed by atoms with Gasteiger partial charge >= 0.3 is 5.97 Å². The molecule has 0 bridgehead atoms. The van der Waals surface area contributed by atoms with E-state index >= 15 is 0 Å². The van der Waals surface area contributed by atoms with Gasteiger partial charge in [-0.05, 0) is 48.9 Å². The summed E-state index contributed by atoms with van der Waals surface area (Å²) in [7, 11) is 1.47. The van der Waals surface area contributed by atoms with E-state index < -0.39 is 24.3 Å². The molecule has 154 valence electrons. The highest BCUT2D eigenvalue weighted by Crippen LogP contribution is 2.27. The lowest BCUT2D eigenvalue weighted by atomic mass is 10.2. The number of amides is 2. The zero-order chi connectivity index (χ0) is 21.2. The molecule has 7 nitrogen and oxygen atoms in total. The van der Waals surface area contributed by atoms with Crippen molar-refractivity contribution in [1.82, 2.24) is 0 Å². The molecule has 0 spiro atoms. The van der Waals surface area contributed by atoms with Crippen LogP contribution in [0.1, 0.15) is 19.3 Å². The summed E-state index contributed by atoms with van der Waals surface area (Å²) in [5, 5.41) is 5.59. The van der Waals surface area contributed by atoms with Crippen molar-refractivity contribution in [3.63, 3.8) is 0 Å². The number of carbonyl (C=O) groups excluding carboxylic acids is 3. The number of anilines is 2. The first-order valence-electron chi connectivity index (χ1n) is 8.72. The summed E-state index contributed by atoms with van der Waals surface area (Å²) in [4.78, 5) is 35.4. The Morgan fingerprint density at radius 2 is 1.72 bits per heavy atom.